The fourth-order valence-corrected chi connectivity index (χ4v) is 4.85. The Hall–Kier alpha value is -3.85. The number of nitrogens with one attached hydrogen (secondary N) is 2. The minimum atomic E-state index is -0.942. The van der Waals surface area contributed by atoms with Crippen molar-refractivity contribution in [1.29, 1.82) is 0 Å². The molecule has 2 bridgehead atoms. The third-order valence-corrected chi connectivity index (χ3v) is 7.33. The fraction of sp³-hybridized carbons (Fsp3) is 0.414. The molecular formula is C29H36N4O5. The van der Waals surface area contributed by atoms with Crippen molar-refractivity contribution in [1.82, 2.24) is 15.5 Å². The minimum Gasteiger partial charge on any atom is -0.496 e. The molecule has 9 heteroatoms. The first-order valence-corrected chi connectivity index (χ1v) is 13.0. The Morgan fingerprint density at radius 3 is 2.66 bits per heavy atom. The van der Waals surface area contributed by atoms with Crippen molar-refractivity contribution in [3.8, 4) is 11.5 Å². The highest BCUT2D eigenvalue weighted by atomic mass is 16.5. The van der Waals surface area contributed by atoms with Gasteiger partial charge in [0.05, 0.1) is 13.2 Å². The number of nitrogens with two attached hydrogens (primary N) is 1. The number of fused-ring (bicyclic) bond motifs is 3. The Kier molecular flexibility index (Phi) is 8.68. The first kappa shape index (κ1) is 27.2. The van der Waals surface area contributed by atoms with Crippen LogP contribution in [0.15, 0.2) is 54.7 Å². The second-order valence-corrected chi connectivity index (χ2v) is 9.83. The molecule has 202 valence electrons. The van der Waals surface area contributed by atoms with Gasteiger partial charge in [-0.25, -0.2) is 0 Å². The lowest BCUT2D eigenvalue weighted by atomic mass is 9.98. The number of nitrogens with zero attached hydrogens (tertiary/aromatic N) is 1. The van der Waals surface area contributed by atoms with Gasteiger partial charge >= 0.3 is 0 Å². The third-order valence-electron chi connectivity index (χ3n) is 7.33. The summed E-state index contributed by atoms with van der Waals surface area (Å²) < 4.78 is 11.8. The summed E-state index contributed by atoms with van der Waals surface area (Å²) in [6.07, 6.45) is 4.09. The number of likely N-dealkylation sites (tertiary alicyclic amines) is 1. The Morgan fingerprint density at radius 1 is 1.18 bits per heavy atom. The number of hydrogen-bond acceptors (Lipinski definition) is 6. The second kappa shape index (κ2) is 12.1. The van der Waals surface area contributed by atoms with E-state index in [1.165, 1.54) is 11.1 Å². The molecule has 2 aliphatic rings. The van der Waals surface area contributed by atoms with Crippen LogP contribution in [0, 0.1) is 5.92 Å². The van der Waals surface area contributed by atoms with Crippen LogP contribution >= 0.6 is 0 Å². The molecule has 0 radical (unpaired) electrons. The van der Waals surface area contributed by atoms with Crippen molar-refractivity contribution in [3.05, 3.63) is 65.9 Å². The summed E-state index contributed by atoms with van der Waals surface area (Å²) in [6, 6.07) is 12.2. The molecule has 1 fully saturated rings. The number of carbonyl (C=O) groups excluding carboxylic acids is 3. The van der Waals surface area contributed by atoms with Crippen LogP contribution in [0.3, 0.4) is 0 Å². The number of methoxy groups -OCH3 is 1. The number of ether oxygens (including phenoxy) is 2. The van der Waals surface area contributed by atoms with Crippen molar-refractivity contribution >= 4 is 23.8 Å². The van der Waals surface area contributed by atoms with Crippen LogP contribution in [0.4, 0.5) is 0 Å². The van der Waals surface area contributed by atoms with Crippen molar-refractivity contribution < 1.29 is 23.9 Å². The predicted octanol–water partition coefficient (Wildman–Crippen LogP) is 2.24. The molecule has 0 unspecified atom stereocenters. The zero-order valence-corrected chi connectivity index (χ0v) is 22.1. The Morgan fingerprint density at radius 2 is 1.95 bits per heavy atom. The topological polar surface area (TPSA) is 123 Å². The Labute approximate surface area is 223 Å². The van der Waals surface area contributed by atoms with Crippen LogP contribution in [0.25, 0.3) is 6.08 Å². The highest BCUT2D eigenvalue weighted by Crippen LogP contribution is 2.30. The Balaban J connectivity index is 1.71. The molecule has 2 aromatic rings. The zero-order valence-electron chi connectivity index (χ0n) is 22.1. The molecule has 2 aliphatic heterocycles. The van der Waals surface area contributed by atoms with Crippen molar-refractivity contribution in [2.75, 3.05) is 13.7 Å². The highest BCUT2D eigenvalue weighted by Gasteiger charge is 2.46. The number of benzene rings is 2. The van der Waals surface area contributed by atoms with Crippen molar-refractivity contribution in [2.24, 2.45) is 11.7 Å². The molecule has 0 aliphatic carbocycles. The number of carbonyl (C=O) groups is 3. The maximum atomic E-state index is 13.8. The summed E-state index contributed by atoms with van der Waals surface area (Å²) in [4.78, 5) is 42.0. The molecular weight excluding hydrogens is 484 g/mol. The van der Waals surface area contributed by atoms with E-state index in [-0.39, 0.29) is 24.2 Å². The lowest BCUT2D eigenvalue weighted by Crippen LogP contribution is -2.59. The Bertz CT molecular complexity index is 1180. The molecule has 4 N–H and O–H groups in total. The first-order chi connectivity index (χ1) is 18.3. The van der Waals surface area contributed by atoms with E-state index in [0.29, 0.717) is 30.0 Å². The average Bonchev–Trinajstić information content (AvgIpc) is 3.35. The summed E-state index contributed by atoms with van der Waals surface area (Å²) in [5.74, 6) is -0.0434. The largest absolute Gasteiger partial charge is 0.496 e. The number of hydrogen-bond donors (Lipinski definition) is 3. The maximum Gasteiger partial charge on any atom is 0.247 e. The van der Waals surface area contributed by atoms with Gasteiger partial charge in [0, 0.05) is 31.1 Å². The van der Waals surface area contributed by atoms with E-state index in [2.05, 4.69) is 10.6 Å². The third kappa shape index (κ3) is 5.99. The van der Waals surface area contributed by atoms with Crippen molar-refractivity contribution in [3.63, 3.8) is 0 Å². The molecule has 2 aromatic carbocycles. The van der Waals surface area contributed by atoms with Gasteiger partial charge in [-0.2, -0.15) is 0 Å². The van der Waals surface area contributed by atoms with Crippen LogP contribution < -0.4 is 25.8 Å². The van der Waals surface area contributed by atoms with Gasteiger partial charge in [-0.3, -0.25) is 14.4 Å². The van der Waals surface area contributed by atoms with Gasteiger partial charge in [0.15, 0.2) is 0 Å². The van der Waals surface area contributed by atoms with Crippen LogP contribution in [0.2, 0.25) is 0 Å². The van der Waals surface area contributed by atoms with E-state index in [4.69, 9.17) is 15.2 Å². The van der Waals surface area contributed by atoms with E-state index < -0.39 is 30.1 Å². The molecule has 9 nitrogen and oxygen atoms in total. The molecule has 0 saturated carbocycles. The predicted molar refractivity (Wildman–Crippen MR) is 144 cm³/mol. The molecule has 0 spiro atoms. The summed E-state index contributed by atoms with van der Waals surface area (Å²) in [5, 5.41) is 5.67. The van der Waals surface area contributed by atoms with Gasteiger partial charge in [-0.15, -0.1) is 0 Å². The average molecular weight is 521 g/mol. The quantitative estimate of drug-likeness (QED) is 0.537. The smallest absolute Gasteiger partial charge is 0.247 e. The van der Waals surface area contributed by atoms with Gasteiger partial charge in [-0.05, 0) is 35.8 Å². The first-order valence-electron chi connectivity index (χ1n) is 13.0. The molecule has 0 aromatic heterocycles. The zero-order chi connectivity index (χ0) is 27.2. The molecule has 1 saturated heterocycles. The lowest BCUT2D eigenvalue weighted by molar-refractivity contribution is -0.142. The van der Waals surface area contributed by atoms with E-state index in [0.717, 1.165) is 12.0 Å². The van der Waals surface area contributed by atoms with Gasteiger partial charge in [-0.1, -0.05) is 50.6 Å². The van der Waals surface area contributed by atoms with E-state index in [1.54, 1.807) is 31.4 Å². The van der Waals surface area contributed by atoms with Gasteiger partial charge in [0.25, 0.3) is 0 Å². The fourth-order valence-electron chi connectivity index (χ4n) is 4.85. The number of amides is 3. The van der Waals surface area contributed by atoms with E-state index >= 15 is 0 Å². The van der Waals surface area contributed by atoms with Crippen LogP contribution in [0.1, 0.15) is 37.8 Å². The van der Waals surface area contributed by atoms with Crippen LogP contribution in [0.5, 0.6) is 11.5 Å². The molecule has 3 amide bonds. The minimum absolute atomic E-state index is 0.0490. The number of rotatable bonds is 6. The molecule has 2 heterocycles. The maximum absolute atomic E-state index is 13.8. The highest BCUT2D eigenvalue weighted by molar-refractivity contribution is 5.94. The summed E-state index contributed by atoms with van der Waals surface area (Å²) in [7, 11) is 1.56. The normalized spacial score (nSPS) is 23.8. The van der Waals surface area contributed by atoms with Crippen LogP contribution in [-0.4, -0.2) is 60.5 Å². The summed E-state index contributed by atoms with van der Waals surface area (Å²) in [5.41, 5.74) is 7.88. The van der Waals surface area contributed by atoms with E-state index in [1.807, 2.05) is 44.2 Å². The SMILES string of the molecule is CC[C@@H](C)[C@H](N)C(=O)N1CC[C@H]2Oc3ccc(OC)c(c3)/C=C/NC(=O)[C@H](Cc3ccccc3)NC(=O)[C@@H]21. The summed E-state index contributed by atoms with van der Waals surface area (Å²) >= 11 is 0. The lowest BCUT2D eigenvalue weighted by Gasteiger charge is -2.31. The summed E-state index contributed by atoms with van der Waals surface area (Å²) in [6.45, 7) is 4.22. The second-order valence-electron chi connectivity index (χ2n) is 9.83. The van der Waals surface area contributed by atoms with Crippen LogP contribution in [-0.2, 0) is 20.8 Å². The van der Waals surface area contributed by atoms with E-state index in [9.17, 15) is 14.4 Å². The van der Waals surface area contributed by atoms with Gasteiger partial charge < -0.3 is 30.7 Å². The van der Waals surface area contributed by atoms with Gasteiger partial charge in [0.2, 0.25) is 17.7 Å². The standard InChI is InChI=1S/C29H36N4O5/c1-4-18(2)25(30)29(36)33-15-13-24-26(33)28(35)32-22(16-19-8-6-5-7-9-19)27(34)31-14-12-20-17-21(38-24)10-11-23(20)37-3/h5-12,14,17-18,22,24-26H,4,13,15-16,30H2,1-3H3,(H,31,34)(H,32,35)/b14-12+/t18-,22+,24-,25+,26-/m1/s1. The molecule has 38 heavy (non-hydrogen) atoms. The van der Waals surface area contributed by atoms with Crippen molar-refractivity contribution in [2.45, 2.75) is 57.3 Å². The molecule has 4 rings (SSSR count). The van der Waals surface area contributed by atoms with Gasteiger partial charge in [0.1, 0.15) is 29.7 Å². The molecule has 5 atom stereocenters. The monoisotopic (exact) mass is 520 g/mol.